The molecular weight excluding hydrogens is 412 g/mol. The monoisotopic (exact) mass is 436 g/mol. The molecule has 4 aromatic rings. The van der Waals surface area contributed by atoms with E-state index in [1.807, 2.05) is 12.1 Å². The lowest BCUT2D eigenvalue weighted by Gasteiger charge is -2.45. The van der Waals surface area contributed by atoms with Gasteiger partial charge in [-0.15, -0.1) is 0 Å². The van der Waals surface area contributed by atoms with Crippen LogP contribution in [0.2, 0.25) is 0 Å². The van der Waals surface area contributed by atoms with Gasteiger partial charge in [-0.2, -0.15) is 4.98 Å². The van der Waals surface area contributed by atoms with Crippen molar-refractivity contribution in [1.29, 1.82) is 0 Å². The molecular formula is C27H24N4O2. The topological polar surface area (TPSA) is 80.9 Å². The van der Waals surface area contributed by atoms with Gasteiger partial charge in [0.15, 0.2) is 0 Å². The Morgan fingerprint density at radius 3 is 2.30 bits per heavy atom. The maximum absolute atomic E-state index is 12.6. The van der Waals surface area contributed by atoms with Gasteiger partial charge in [0.2, 0.25) is 17.6 Å². The molecule has 0 spiro atoms. The lowest BCUT2D eigenvalue weighted by atomic mass is 9.59. The molecule has 7 rings (SSSR count). The molecule has 1 atom stereocenters. The second-order valence-electron chi connectivity index (χ2n) is 8.84. The molecule has 6 heteroatoms. The molecule has 6 nitrogen and oxygen atoms in total. The van der Waals surface area contributed by atoms with Gasteiger partial charge >= 0.3 is 0 Å². The first-order valence-electron chi connectivity index (χ1n) is 11.5. The molecule has 0 aliphatic heterocycles. The molecule has 2 bridgehead atoms. The van der Waals surface area contributed by atoms with Crippen LogP contribution in [0.1, 0.15) is 52.8 Å². The summed E-state index contributed by atoms with van der Waals surface area (Å²) >= 11 is 0. The van der Waals surface area contributed by atoms with Gasteiger partial charge < -0.3 is 9.84 Å². The third-order valence-electron chi connectivity index (χ3n) is 6.96. The van der Waals surface area contributed by atoms with Gasteiger partial charge in [0, 0.05) is 49.2 Å². The van der Waals surface area contributed by atoms with Crippen LogP contribution in [0.4, 0.5) is 0 Å². The van der Waals surface area contributed by atoms with Crippen molar-refractivity contribution in [3.8, 4) is 11.4 Å². The predicted molar refractivity (Wildman–Crippen MR) is 124 cm³/mol. The van der Waals surface area contributed by atoms with E-state index in [4.69, 9.17) is 4.52 Å². The van der Waals surface area contributed by atoms with Gasteiger partial charge in [0.25, 0.3) is 0 Å². The van der Waals surface area contributed by atoms with Crippen LogP contribution < -0.4 is 5.32 Å². The van der Waals surface area contributed by atoms with E-state index < -0.39 is 0 Å². The number of carbonyl (C=O) groups excluding carboxylic acids is 1. The van der Waals surface area contributed by atoms with Gasteiger partial charge in [-0.05, 0) is 46.7 Å². The van der Waals surface area contributed by atoms with E-state index in [-0.39, 0.29) is 5.91 Å². The number of fused-ring (bicyclic) bond motifs is 1. The first kappa shape index (κ1) is 19.9. The molecule has 2 aromatic heterocycles. The zero-order valence-corrected chi connectivity index (χ0v) is 18.1. The average Bonchev–Trinajstić information content (AvgIpc) is 3.36. The van der Waals surface area contributed by atoms with Crippen molar-refractivity contribution < 1.29 is 9.32 Å². The Labute approximate surface area is 192 Å². The summed E-state index contributed by atoms with van der Waals surface area (Å²) in [6, 6.07) is 21.2. The second-order valence-corrected chi connectivity index (χ2v) is 8.84. The van der Waals surface area contributed by atoms with Gasteiger partial charge in [0.1, 0.15) is 0 Å². The van der Waals surface area contributed by atoms with Crippen molar-refractivity contribution in [3.63, 3.8) is 0 Å². The Morgan fingerprint density at radius 2 is 1.61 bits per heavy atom. The molecule has 1 amide bonds. The number of nitrogens with zero attached hydrogens (tertiary/aromatic N) is 3. The highest BCUT2D eigenvalue weighted by Crippen LogP contribution is 2.55. The highest BCUT2D eigenvalue weighted by molar-refractivity contribution is 5.76. The summed E-state index contributed by atoms with van der Waals surface area (Å²) in [5.41, 5.74) is 6.58. The van der Waals surface area contributed by atoms with Crippen LogP contribution >= 0.6 is 0 Å². The lowest BCUT2D eigenvalue weighted by molar-refractivity contribution is -0.121. The van der Waals surface area contributed by atoms with E-state index in [0.717, 1.165) is 12.0 Å². The van der Waals surface area contributed by atoms with Gasteiger partial charge in [0.05, 0.1) is 0 Å². The van der Waals surface area contributed by atoms with E-state index in [0.29, 0.717) is 48.9 Å². The summed E-state index contributed by atoms with van der Waals surface area (Å²) in [5.74, 6) is 2.14. The molecule has 3 aliphatic carbocycles. The number of benzene rings is 2. The minimum atomic E-state index is 0.0154. The van der Waals surface area contributed by atoms with Crippen LogP contribution in [0.3, 0.4) is 0 Å². The molecule has 33 heavy (non-hydrogen) atoms. The molecule has 3 aliphatic rings. The summed E-state index contributed by atoms with van der Waals surface area (Å²) in [6.07, 6.45) is 5.19. The Morgan fingerprint density at radius 1 is 0.939 bits per heavy atom. The van der Waals surface area contributed by atoms with Crippen molar-refractivity contribution >= 4 is 5.91 Å². The number of rotatable bonds is 6. The SMILES string of the molecule is O=C(CCc1nc(-c2ccncc2)no1)NCC1CC2c3ccccc3C1c1ccccc12. The van der Waals surface area contributed by atoms with E-state index in [1.165, 1.54) is 22.3 Å². The Balaban J connectivity index is 1.10. The highest BCUT2D eigenvalue weighted by Gasteiger charge is 2.42. The zero-order valence-electron chi connectivity index (χ0n) is 18.1. The van der Waals surface area contributed by atoms with E-state index in [9.17, 15) is 4.79 Å². The maximum atomic E-state index is 12.6. The number of pyridine rings is 1. The maximum Gasteiger partial charge on any atom is 0.227 e. The second kappa shape index (κ2) is 8.28. The molecule has 2 heterocycles. The first-order valence-corrected chi connectivity index (χ1v) is 11.5. The Kier molecular flexibility index (Phi) is 4.98. The number of hydrogen-bond donors (Lipinski definition) is 1. The minimum Gasteiger partial charge on any atom is -0.356 e. The van der Waals surface area contributed by atoms with Crippen molar-refractivity contribution in [2.45, 2.75) is 31.1 Å². The third kappa shape index (κ3) is 3.61. The summed E-state index contributed by atoms with van der Waals surface area (Å²) in [4.78, 5) is 21.0. The van der Waals surface area contributed by atoms with Gasteiger partial charge in [-0.3, -0.25) is 9.78 Å². The van der Waals surface area contributed by atoms with Crippen molar-refractivity contribution in [2.75, 3.05) is 6.54 Å². The zero-order chi connectivity index (χ0) is 22.2. The summed E-state index contributed by atoms with van der Waals surface area (Å²) in [5, 5.41) is 7.18. The summed E-state index contributed by atoms with van der Waals surface area (Å²) < 4.78 is 5.32. The molecule has 0 saturated carbocycles. The lowest BCUT2D eigenvalue weighted by Crippen LogP contribution is -2.39. The third-order valence-corrected chi connectivity index (χ3v) is 6.96. The Hall–Kier alpha value is -3.80. The smallest absolute Gasteiger partial charge is 0.227 e. The van der Waals surface area contributed by atoms with Crippen LogP contribution in [0.5, 0.6) is 0 Å². The molecule has 0 fully saturated rings. The molecule has 164 valence electrons. The Bertz CT molecular complexity index is 1250. The number of nitrogens with one attached hydrogen (secondary N) is 1. The highest BCUT2D eigenvalue weighted by atomic mass is 16.5. The number of carbonyl (C=O) groups is 1. The van der Waals surface area contributed by atoms with E-state index in [2.05, 4.69) is 69.0 Å². The van der Waals surface area contributed by atoms with E-state index >= 15 is 0 Å². The number of aryl methyl sites for hydroxylation is 1. The largest absolute Gasteiger partial charge is 0.356 e. The number of amides is 1. The van der Waals surface area contributed by atoms with Crippen LogP contribution in [0, 0.1) is 5.92 Å². The number of hydrogen-bond acceptors (Lipinski definition) is 5. The van der Waals surface area contributed by atoms with Crippen molar-refractivity contribution in [3.05, 3.63) is 101 Å². The normalized spacial score (nSPS) is 20.2. The number of aromatic nitrogens is 3. The predicted octanol–water partition coefficient (Wildman–Crippen LogP) is 4.48. The van der Waals surface area contributed by atoms with Crippen LogP contribution in [-0.2, 0) is 11.2 Å². The van der Waals surface area contributed by atoms with Gasteiger partial charge in [-0.25, -0.2) is 0 Å². The fourth-order valence-corrected chi connectivity index (χ4v) is 5.49. The summed E-state index contributed by atoms with van der Waals surface area (Å²) in [7, 11) is 0. The molecule has 1 unspecified atom stereocenters. The first-order chi connectivity index (χ1) is 16.3. The van der Waals surface area contributed by atoms with Crippen LogP contribution in [-0.4, -0.2) is 27.6 Å². The molecule has 2 aromatic carbocycles. The molecule has 1 N–H and O–H groups in total. The fraction of sp³-hybridized carbons (Fsp3) is 0.259. The molecule has 0 saturated heterocycles. The quantitative estimate of drug-likeness (QED) is 0.482. The van der Waals surface area contributed by atoms with Crippen molar-refractivity contribution in [1.82, 2.24) is 20.4 Å². The fourth-order valence-electron chi connectivity index (χ4n) is 5.49. The van der Waals surface area contributed by atoms with Crippen molar-refractivity contribution in [2.24, 2.45) is 5.92 Å². The minimum absolute atomic E-state index is 0.0154. The van der Waals surface area contributed by atoms with E-state index in [1.54, 1.807) is 12.4 Å². The summed E-state index contributed by atoms with van der Waals surface area (Å²) in [6.45, 7) is 0.675. The van der Waals surface area contributed by atoms with Gasteiger partial charge in [-0.1, -0.05) is 53.7 Å². The van der Waals surface area contributed by atoms with Crippen LogP contribution in [0.25, 0.3) is 11.4 Å². The van der Waals surface area contributed by atoms with Crippen LogP contribution in [0.15, 0.2) is 77.6 Å². The molecule has 0 radical (unpaired) electrons. The average molecular weight is 437 g/mol. The standard InChI is InChI=1S/C27H24N4O2/c32-24(9-10-25-30-27(31-33-25)17-11-13-28-14-12-17)29-16-18-15-23-19-5-1-3-7-21(19)26(18)22-8-4-2-6-20(22)23/h1-8,11-14,18,23,26H,9-10,15-16H2,(H,29,32).